The van der Waals surface area contributed by atoms with Gasteiger partial charge < -0.3 is 0 Å². The summed E-state index contributed by atoms with van der Waals surface area (Å²) in [5.74, 6) is 0. The average molecular weight is 767 g/mol. The minimum atomic E-state index is -0.265. The molecule has 0 atom stereocenters. The molecule has 0 unspecified atom stereocenters. The van der Waals surface area contributed by atoms with Crippen LogP contribution in [0.1, 0.15) is 90.9 Å². The number of nitrogens with zero attached hydrogens (tertiary/aromatic N) is 2. The van der Waals surface area contributed by atoms with Gasteiger partial charge in [0.1, 0.15) is 0 Å². The summed E-state index contributed by atoms with van der Waals surface area (Å²) in [6.45, 7) is 5.13. The number of aromatic nitrogens is 2. The van der Waals surface area contributed by atoms with Gasteiger partial charge in [-0.15, -0.1) is 0 Å². The van der Waals surface area contributed by atoms with Crippen LogP contribution in [0.4, 0.5) is 0 Å². The number of hydrogen-bond donors (Lipinski definition) is 0. The minimum Gasteiger partial charge on any atom is -0.274 e. The van der Waals surface area contributed by atoms with Crippen molar-refractivity contribution in [3.63, 3.8) is 0 Å². The molecule has 0 amide bonds. The van der Waals surface area contributed by atoms with Gasteiger partial charge in [-0.3, -0.25) is 28.3 Å². The molecule has 0 N–H and O–H groups in total. The third-order valence-electron chi connectivity index (χ3n) is 12.6. The van der Waals surface area contributed by atoms with Crippen LogP contribution in [0, 0.1) is 0 Å². The van der Waals surface area contributed by atoms with Gasteiger partial charge in [0, 0.05) is 35.0 Å². The van der Waals surface area contributed by atoms with Gasteiger partial charge in [-0.25, -0.2) is 0 Å². The van der Waals surface area contributed by atoms with Gasteiger partial charge in [0.05, 0.1) is 21.5 Å². The molecule has 58 heavy (non-hydrogen) atoms. The highest BCUT2D eigenvalue weighted by Gasteiger charge is 2.30. The Morgan fingerprint density at radius 1 is 0.328 bits per heavy atom. The molecule has 292 valence electrons. The smallest absolute Gasteiger partial charge is 0.262 e. The average Bonchev–Trinajstić information content (AvgIpc) is 3.65. The van der Waals surface area contributed by atoms with Crippen LogP contribution in [-0.2, 0) is 13.1 Å². The van der Waals surface area contributed by atoms with E-state index in [9.17, 15) is 19.2 Å². The van der Waals surface area contributed by atoms with Gasteiger partial charge in [-0.2, -0.15) is 0 Å². The highest BCUT2D eigenvalue weighted by atomic mass is 16.2. The maximum atomic E-state index is 14.9. The van der Waals surface area contributed by atoms with Crippen LogP contribution in [-0.4, -0.2) is 9.13 Å². The van der Waals surface area contributed by atoms with E-state index in [0.717, 1.165) is 130 Å². The number of rotatable bonds is 16. The van der Waals surface area contributed by atoms with Crippen molar-refractivity contribution in [2.75, 3.05) is 0 Å². The lowest BCUT2D eigenvalue weighted by atomic mass is 9.81. The van der Waals surface area contributed by atoms with Crippen molar-refractivity contribution in [1.82, 2.24) is 9.13 Å². The molecular formula is C52H50N2O4. The van der Waals surface area contributed by atoms with Gasteiger partial charge in [0.25, 0.3) is 22.2 Å². The lowest BCUT2D eigenvalue weighted by Crippen LogP contribution is -2.25. The Balaban J connectivity index is 1.42. The molecule has 6 heteroatoms. The molecular weight excluding hydrogens is 717 g/mol. The molecule has 2 heterocycles. The van der Waals surface area contributed by atoms with Gasteiger partial charge in [-0.05, 0) is 56.3 Å². The minimum absolute atomic E-state index is 0.251. The third-order valence-corrected chi connectivity index (χ3v) is 12.6. The SMILES string of the molecule is CCCCCCCCn1c(=O)c2c(-c3ccccc3)c3cccc4c3c(c3cccc5c(-c6ccccc6)c6c(=O)n(CCCCCCCC)c(=O)c6c4c53)c2c1=O. The molecule has 7 aromatic carbocycles. The van der Waals surface area contributed by atoms with Crippen molar-refractivity contribution in [3.8, 4) is 22.3 Å². The number of hydrogen-bond acceptors (Lipinski definition) is 4. The Labute approximate surface area is 337 Å². The molecule has 0 saturated carbocycles. The van der Waals surface area contributed by atoms with Crippen molar-refractivity contribution in [2.45, 2.75) is 104 Å². The van der Waals surface area contributed by atoms with Crippen molar-refractivity contribution < 1.29 is 0 Å². The number of unbranched alkanes of at least 4 members (excludes halogenated alkanes) is 10. The van der Waals surface area contributed by atoms with E-state index in [1.807, 2.05) is 97.1 Å². The van der Waals surface area contributed by atoms with Gasteiger partial charge in [0.15, 0.2) is 0 Å². The van der Waals surface area contributed by atoms with Crippen LogP contribution in [0.5, 0.6) is 0 Å². The van der Waals surface area contributed by atoms with Crippen LogP contribution in [0.25, 0.3) is 86.9 Å². The fourth-order valence-corrected chi connectivity index (χ4v) is 9.93. The maximum absolute atomic E-state index is 14.9. The molecule has 0 fully saturated rings. The summed E-state index contributed by atoms with van der Waals surface area (Å²) >= 11 is 0. The molecule has 6 nitrogen and oxygen atoms in total. The first-order valence-electron chi connectivity index (χ1n) is 21.6. The fraction of sp³-hybridized carbons (Fsp3) is 0.308. The van der Waals surface area contributed by atoms with E-state index in [2.05, 4.69) is 13.8 Å². The first kappa shape index (κ1) is 37.7. The van der Waals surface area contributed by atoms with E-state index in [4.69, 9.17) is 0 Å². The van der Waals surface area contributed by atoms with Gasteiger partial charge in [0.2, 0.25) is 0 Å². The summed E-state index contributed by atoms with van der Waals surface area (Å²) in [6.07, 6.45) is 12.6. The topological polar surface area (TPSA) is 78.1 Å². The van der Waals surface area contributed by atoms with E-state index < -0.39 is 0 Å². The van der Waals surface area contributed by atoms with Crippen molar-refractivity contribution in [1.29, 1.82) is 0 Å². The first-order valence-corrected chi connectivity index (χ1v) is 21.6. The molecule has 9 aromatic rings. The predicted molar refractivity (Wildman–Crippen MR) is 244 cm³/mol. The van der Waals surface area contributed by atoms with E-state index in [-0.39, 0.29) is 22.2 Å². The van der Waals surface area contributed by atoms with Crippen LogP contribution >= 0.6 is 0 Å². The van der Waals surface area contributed by atoms with E-state index >= 15 is 0 Å². The predicted octanol–water partition coefficient (Wildman–Crippen LogP) is 12.0. The molecule has 0 saturated heterocycles. The zero-order valence-corrected chi connectivity index (χ0v) is 33.7. The second-order valence-electron chi connectivity index (χ2n) is 16.2. The molecule has 0 aliphatic rings. The molecule has 0 bridgehead atoms. The summed E-state index contributed by atoms with van der Waals surface area (Å²) in [5.41, 5.74) is 2.15. The molecule has 0 aliphatic heterocycles. The summed E-state index contributed by atoms with van der Waals surface area (Å²) in [4.78, 5) is 59.4. The largest absolute Gasteiger partial charge is 0.274 e. The monoisotopic (exact) mass is 766 g/mol. The first-order chi connectivity index (χ1) is 28.5. The Hall–Kier alpha value is -5.88. The zero-order valence-electron chi connectivity index (χ0n) is 33.7. The lowest BCUT2D eigenvalue weighted by molar-refractivity contribution is 0.547. The number of fused-ring (bicyclic) bond motifs is 6. The van der Waals surface area contributed by atoms with E-state index in [1.54, 1.807) is 0 Å². The molecule has 0 aliphatic carbocycles. The molecule has 0 radical (unpaired) electrons. The Kier molecular flexibility index (Phi) is 10.3. The zero-order chi connectivity index (χ0) is 39.9. The van der Waals surface area contributed by atoms with Crippen LogP contribution < -0.4 is 22.2 Å². The second-order valence-corrected chi connectivity index (χ2v) is 16.2. The Morgan fingerprint density at radius 3 is 1.07 bits per heavy atom. The maximum Gasteiger partial charge on any atom is 0.262 e. The van der Waals surface area contributed by atoms with E-state index in [1.165, 1.54) is 22.0 Å². The Morgan fingerprint density at radius 2 is 0.672 bits per heavy atom. The van der Waals surface area contributed by atoms with Crippen LogP contribution in [0.2, 0.25) is 0 Å². The fourth-order valence-electron chi connectivity index (χ4n) is 9.93. The van der Waals surface area contributed by atoms with E-state index in [0.29, 0.717) is 34.6 Å². The Bertz CT molecular complexity index is 2950. The second kappa shape index (κ2) is 15.8. The van der Waals surface area contributed by atoms with Gasteiger partial charge >= 0.3 is 0 Å². The quantitative estimate of drug-likeness (QED) is 0.0557. The normalized spacial score (nSPS) is 12.2. The summed E-state index contributed by atoms with van der Waals surface area (Å²) in [5, 5.41) is 8.24. The highest BCUT2D eigenvalue weighted by molar-refractivity contribution is 6.44. The third kappa shape index (κ3) is 5.99. The molecule has 2 aromatic heterocycles. The van der Waals surface area contributed by atoms with Crippen molar-refractivity contribution in [3.05, 3.63) is 138 Å². The van der Waals surface area contributed by atoms with Crippen molar-refractivity contribution in [2.24, 2.45) is 0 Å². The highest BCUT2D eigenvalue weighted by Crippen LogP contribution is 2.49. The molecule has 9 rings (SSSR count). The summed E-state index contributed by atoms with van der Waals surface area (Å²) in [6, 6.07) is 31.9. The summed E-state index contributed by atoms with van der Waals surface area (Å²) in [7, 11) is 0. The molecule has 0 spiro atoms. The van der Waals surface area contributed by atoms with Crippen LogP contribution in [0.3, 0.4) is 0 Å². The van der Waals surface area contributed by atoms with Crippen molar-refractivity contribution >= 4 is 64.6 Å². The van der Waals surface area contributed by atoms with Gasteiger partial charge in [-0.1, -0.05) is 175 Å². The number of benzene rings is 7. The van der Waals surface area contributed by atoms with Crippen LogP contribution in [0.15, 0.2) is 116 Å². The standard InChI is InChI=1S/C52H50N2O4/c1-3-5-7-9-11-19-31-53-49(55)45-39(33-23-15-13-16-24-33)35-27-21-30-38-41(35)43(47(45)51(53)57)37-29-22-28-36-40(34-25-17-14-18-26-34)46-48(44(38)42(36)37)52(58)54(50(46)56)32-20-12-10-8-6-4-2/h13-18,21-30H,3-12,19-20,31-32H2,1-2H3. The lowest BCUT2D eigenvalue weighted by Gasteiger charge is -2.20. The summed E-state index contributed by atoms with van der Waals surface area (Å²) < 4.78 is 2.95.